The first kappa shape index (κ1) is 17.5. The van der Waals surface area contributed by atoms with Crippen LogP contribution in [-0.4, -0.2) is 38.5 Å². The maximum atomic E-state index is 9.08. The molecule has 0 aliphatic rings. The fourth-order valence-electron chi connectivity index (χ4n) is 0. The second-order valence-electron chi connectivity index (χ2n) is 1.41. The van der Waals surface area contributed by atoms with Gasteiger partial charge >= 0.3 is 19.5 Å². The maximum absolute atomic E-state index is 9.08. The molecular weight excluding hydrogens is 285 g/mol. The van der Waals surface area contributed by atoms with Crippen LogP contribution in [0.5, 0.6) is 0 Å². The Morgan fingerprint density at radius 1 is 0.818 bits per heavy atom. The van der Waals surface area contributed by atoms with Gasteiger partial charge in [0, 0.05) is 12.5 Å². The second kappa shape index (κ2) is 6.01. The van der Waals surface area contributed by atoms with Crippen LogP contribution in [0.25, 0.3) is 0 Å². The third-order valence-corrected chi connectivity index (χ3v) is 0. The monoisotopic (exact) mass is 292 g/mol. The summed E-state index contributed by atoms with van der Waals surface area (Å²) < 4.78 is 54.5. The van der Waals surface area contributed by atoms with E-state index in [1.807, 2.05) is 0 Å². The third-order valence-electron chi connectivity index (χ3n) is 0. The van der Waals surface area contributed by atoms with E-state index in [4.69, 9.17) is 25.9 Å². The minimum absolute atomic E-state index is 0. The molecule has 0 saturated carbocycles. The molecular formula is C2H6O6RuS2. The van der Waals surface area contributed by atoms with Crippen LogP contribution >= 0.6 is 0 Å². The van der Waals surface area contributed by atoms with Gasteiger partial charge in [0.1, 0.15) is 0 Å². The Balaban J connectivity index is -0.000000107. The number of hydrogen-bond acceptors (Lipinski definition) is 6. The van der Waals surface area contributed by atoms with E-state index in [-0.39, 0.29) is 19.5 Å². The van der Waals surface area contributed by atoms with Crippen LogP contribution in [0.4, 0.5) is 0 Å². The molecule has 0 aliphatic heterocycles. The van der Waals surface area contributed by atoms with E-state index < -0.39 is 20.2 Å². The molecule has 70 valence electrons. The van der Waals surface area contributed by atoms with Gasteiger partial charge in [0.2, 0.25) is 0 Å². The molecule has 11 heavy (non-hydrogen) atoms. The molecule has 0 aromatic rings. The summed E-state index contributed by atoms with van der Waals surface area (Å²) >= 11 is 0. The normalized spacial score (nSPS) is 10.5. The summed E-state index contributed by atoms with van der Waals surface area (Å²) in [6.45, 7) is 0. The Labute approximate surface area is 78.3 Å². The van der Waals surface area contributed by atoms with E-state index in [0.29, 0.717) is 12.5 Å². The molecule has 0 spiro atoms. The van der Waals surface area contributed by atoms with Gasteiger partial charge in [-0.15, -0.1) is 0 Å². The minimum atomic E-state index is -3.92. The van der Waals surface area contributed by atoms with Gasteiger partial charge in [-0.05, 0) is 0 Å². The molecule has 9 heteroatoms. The van der Waals surface area contributed by atoms with Crippen LogP contribution in [-0.2, 0) is 39.7 Å². The molecule has 0 rings (SSSR count). The summed E-state index contributed by atoms with van der Waals surface area (Å²) in [6.07, 6.45) is 1.21. The molecule has 0 atom stereocenters. The smallest absolute Gasteiger partial charge is 0.748 e. The fraction of sp³-hybridized carbons (Fsp3) is 1.00. The zero-order valence-electron chi connectivity index (χ0n) is 5.62. The predicted octanol–water partition coefficient (Wildman–Crippen LogP) is -1.68. The van der Waals surface area contributed by atoms with Gasteiger partial charge in [-0.25, -0.2) is 16.8 Å². The van der Waals surface area contributed by atoms with E-state index >= 15 is 0 Å². The summed E-state index contributed by atoms with van der Waals surface area (Å²) in [5.41, 5.74) is 0. The summed E-state index contributed by atoms with van der Waals surface area (Å²) in [5.74, 6) is 0. The van der Waals surface area contributed by atoms with Crippen LogP contribution in [0.1, 0.15) is 0 Å². The quantitative estimate of drug-likeness (QED) is 0.389. The van der Waals surface area contributed by atoms with Gasteiger partial charge in [-0.1, -0.05) is 0 Å². The topological polar surface area (TPSA) is 114 Å². The molecule has 6 nitrogen and oxygen atoms in total. The Kier molecular flexibility index (Phi) is 9.57. The Hall–Kier alpha value is 0.443. The van der Waals surface area contributed by atoms with Crippen molar-refractivity contribution in [1.29, 1.82) is 0 Å². The van der Waals surface area contributed by atoms with Crippen LogP contribution in [0.15, 0.2) is 0 Å². The van der Waals surface area contributed by atoms with Gasteiger partial charge < -0.3 is 9.11 Å². The average molecular weight is 291 g/mol. The first-order valence-electron chi connectivity index (χ1n) is 1.82. The van der Waals surface area contributed by atoms with Gasteiger partial charge in [0.25, 0.3) is 0 Å². The Morgan fingerprint density at radius 3 is 0.818 bits per heavy atom. The predicted molar refractivity (Wildman–Crippen MR) is 31.2 cm³/mol. The van der Waals surface area contributed by atoms with Crippen molar-refractivity contribution in [2.24, 2.45) is 0 Å². The summed E-state index contributed by atoms with van der Waals surface area (Å²) in [7, 11) is -7.83. The number of hydrogen-bond donors (Lipinski definition) is 0. The summed E-state index contributed by atoms with van der Waals surface area (Å²) in [5, 5.41) is 0. The van der Waals surface area contributed by atoms with Crippen molar-refractivity contribution in [3.63, 3.8) is 0 Å². The third kappa shape index (κ3) is 3790. The molecule has 0 bridgehead atoms. The number of rotatable bonds is 0. The van der Waals surface area contributed by atoms with Gasteiger partial charge in [-0.3, -0.25) is 0 Å². The first-order valence-corrected chi connectivity index (χ1v) is 5.45. The molecule has 0 saturated heterocycles. The standard InChI is InChI=1S/2CH4O3S.Ru/c2*1-5(2,3)4;/h2*1H3,(H,2,3,4);/q;;+2/p-2. The van der Waals surface area contributed by atoms with E-state index in [9.17, 15) is 0 Å². The minimum Gasteiger partial charge on any atom is -0.748 e. The van der Waals surface area contributed by atoms with Crippen LogP contribution in [0.3, 0.4) is 0 Å². The van der Waals surface area contributed by atoms with Crippen molar-refractivity contribution >= 4 is 20.2 Å². The van der Waals surface area contributed by atoms with E-state index in [0.717, 1.165) is 0 Å². The van der Waals surface area contributed by atoms with Gasteiger partial charge in [0.15, 0.2) is 0 Å². The zero-order chi connectivity index (χ0) is 9.00. The molecule has 0 N–H and O–H groups in total. The fourth-order valence-corrected chi connectivity index (χ4v) is 0. The molecule has 0 aromatic heterocycles. The zero-order valence-corrected chi connectivity index (χ0v) is 8.99. The molecule has 0 aromatic carbocycles. The van der Waals surface area contributed by atoms with Crippen LogP contribution in [0.2, 0.25) is 0 Å². The molecule has 0 unspecified atom stereocenters. The van der Waals surface area contributed by atoms with Crippen molar-refractivity contribution in [2.45, 2.75) is 0 Å². The second-order valence-corrected chi connectivity index (χ2v) is 4.22. The Bertz CT molecular complexity index is 215. The van der Waals surface area contributed by atoms with Gasteiger partial charge in [-0.2, -0.15) is 0 Å². The van der Waals surface area contributed by atoms with Crippen LogP contribution < -0.4 is 0 Å². The van der Waals surface area contributed by atoms with Crippen molar-refractivity contribution in [2.75, 3.05) is 12.5 Å². The average Bonchev–Trinajstić information content (AvgIpc) is 1.12. The summed E-state index contributed by atoms with van der Waals surface area (Å²) in [6, 6.07) is 0. The molecule has 0 aliphatic carbocycles. The van der Waals surface area contributed by atoms with Crippen LogP contribution in [0, 0.1) is 0 Å². The largest absolute Gasteiger partial charge is 2.00 e. The van der Waals surface area contributed by atoms with E-state index in [1.165, 1.54) is 0 Å². The van der Waals surface area contributed by atoms with E-state index in [2.05, 4.69) is 0 Å². The molecule has 0 radical (unpaired) electrons. The molecule has 0 fully saturated rings. The van der Waals surface area contributed by atoms with Crippen molar-refractivity contribution in [3.05, 3.63) is 0 Å². The maximum Gasteiger partial charge on any atom is 2.00 e. The van der Waals surface area contributed by atoms with E-state index in [1.54, 1.807) is 0 Å². The van der Waals surface area contributed by atoms with Crippen molar-refractivity contribution < 1.29 is 45.4 Å². The van der Waals surface area contributed by atoms with Crippen molar-refractivity contribution in [1.82, 2.24) is 0 Å². The van der Waals surface area contributed by atoms with Gasteiger partial charge in [0.05, 0.1) is 20.2 Å². The van der Waals surface area contributed by atoms with Crippen molar-refractivity contribution in [3.8, 4) is 0 Å². The first-order chi connectivity index (χ1) is 4.00. The SMILES string of the molecule is CS(=O)(=O)[O-].CS(=O)(=O)[O-].[Ru+2]. The molecule has 0 heterocycles. The molecule has 0 amide bonds. The Morgan fingerprint density at radius 2 is 0.818 bits per heavy atom. The summed E-state index contributed by atoms with van der Waals surface area (Å²) in [4.78, 5) is 0.